The van der Waals surface area contributed by atoms with Crippen molar-refractivity contribution < 1.29 is 37.9 Å². The van der Waals surface area contributed by atoms with E-state index in [1.807, 2.05) is 0 Å². The van der Waals surface area contributed by atoms with Gasteiger partial charge in [0.2, 0.25) is 0 Å². The van der Waals surface area contributed by atoms with E-state index in [2.05, 4.69) is 5.32 Å². The molecule has 2 aromatic rings. The van der Waals surface area contributed by atoms with Crippen LogP contribution in [-0.2, 0) is 14.3 Å². The van der Waals surface area contributed by atoms with Gasteiger partial charge in [-0.25, -0.2) is 13.6 Å². The van der Waals surface area contributed by atoms with Crippen LogP contribution in [0.5, 0.6) is 0 Å². The number of rotatable bonds is 9. The van der Waals surface area contributed by atoms with Crippen LogP contribution in [0.2, 0.25) is 0 Å². The van der Waals surface area contributed by atoms with Gasteiger partial charge in [-0.2, -0.15) is 0 Å². The highest BCUT2D eigenvalue weighted by atomic mass is 19.2. The number of nitro benzene ring substituents is 1. The number of benzene rings is 2. The van der Waals surface area contributed by atoms with Crippen molar-refractivity contribution in [2.45, 2.75) is 25.3 Å². The summed E-state index contributed by atoms with van der Waals surface area (Å²) in [5.74, 6) is -7.50. The quantitative estimate of drug-likeness (QED) is 0.350. The number of nitro groups is 1. The van der Waals surface area contributed by atoms with Crippen LogP contribution in [0.1, 0.15) is 35.2 Å². The second-order valence-corrected chi connectivity index (χ2v) is 6.36. The number of nitrogens with zero attached hydrogens (tertiary/aromatic N) is 1. The minimum absolute atomic E-state index is 0.0183. The molecule has 9 nitrogen and oxygen atoms in total. The maximum Gasteiger partial charge on any atom is 0.326 e. The first-order valence-corrected chi connectivity index (χ1v) is 9.03. The van der Waals surface area contributed by atoms with E-state index < -0.39 is 58.3 Å². The van der Waals surface area contributed by atoms with Gasteiger partial charge in [0, 0.05) is 18.1 Å². The molecule has 0 saturated carbocycles. The minimum atomic E-state index is -1.75. The number of non-ortho nitro benzene ring substituents is 1. The van der Waals surface area contributed by atoms with E-state index >= 15 is 0 Å². The number of hydrogen-bond acceptors (Lipinski definition) is 6. The minimum Gasteiger partial charge on any atom is -0.480 e. The first-order valence-electron chi connectivity index (χ1n) is 9.03. The highest BCUT2D eigenvalue weighted by Crippen LogP contribution is 2.27. The summed E-state index contributed by atoms with van der Waals surface area (Å²) in [6, 6.07) is 5.80. The number of hydrogen-bond donors (Lipinski definition) is 2. The number of carboxylic acids is 1. The number of nitrogens with one attached hydrogen (secondary N) is 1. The molecule has 0 heterocycles. The van der Waals surface area contributed by atoms with Crippen molar-refractivity contribution >= 4 is 23.5 Å². The van der Waals surface area contributed by atoms with Crippen molar-refractivity contribution in [1.29, 1.82) is 0 Å². The first-order chi connectivity index (χ1) is 14.6. The van der Waals surface area contributed by atoms with Gasteiger partial charge in [-0.1, -0.05) is 18.2 Å². The summed E-state index contributed by atoms with van der Waals surface area (Å²) in [4.78, 5) is 46.6. The molecule has 2 aromatic carbocycles. The van der Waals surface area contributed by atoms with Crippen molar-refractivity contribution in [3.8, 4) is 0 Å². The molecule has 164 valence electrons. The Balaban J connectivity index is 2.41. The topological polar surface area (TPSA) is 136 Å². The molecule has 0 fully saturated rings. The SMILES string of the molecule is CCOC(=O)C[C@@H](c1ccc([N+](=O)[O-])cc1)[C@@H](NC(=O)c1cccc(F)c1F)C(=O)O. The predicted molar refractivity (Wildman–Crippen MR) is 102 cm³/mol. The molecule has 0 aliphatic carbocycles. The third kappa shape index (κ3) is 5.81. The van der Waals surface area contributed by atoms with Crippen molar-refractivity contribution in [1.82, 2.24) is 5.32 Å². The van der Waals surface area contributed by atoms with Gasteiger partial charge in [-0.15, -0.1) is 0 Å². The Hall–Kier alpha value is -3.89. The van der Waals surface area contributed by atoms with Crippen molar-refractivity contribution in [2.24, 2.45) is 0 Å². The normalized spacial score (nSPS) is 12.5. The molecule has 2 N–H and O–H groups in total. The van der Waals surface area contributed by atoms with Crippen LogP contribution in [0.4, 0.5) is 14.5 Å². The summed E-state index contributed by atoms with van der Waals surface area (Å²) in [6.07, 6.45) is -0.492. The molecule has 0 unspecified atom stereocenters. The fourth-order valence-corrected chi connectivity index (χ4v) is 2.90. The van der Waals surface area contributed by atoms with E-state index in [0.29, 0.717) is 0 Å². The molecule has 0 radical (unpaired) electrons. The number of amides is 1. The monoisotopic (exact) mass is 436 g/mol. The lowest BCUT2D eigenvalue weighted by molar-refractivity contribution is -0.384. The molecule has 0 saturated heterocycles. The van der Waals surface area contributed by atoms with E-state index in [-0.39, 0.29) is 17.9 Å². The molecule has 31 heavy (non-hydrogen) atoms. The number of aliphatic carboxylic acids is 1. The van der Waals surface area contributed by atoms with Crippen molar-refractivity contribution in [3.63, 3.8) is 0 Å². The maximum atomic E-state index is 13.9. The van der Waals surface area contributed by atoms with E-state index in [4.69, 9.17) is 4.74 Å². The van der Waals surface area contributed by atoms with Gasteiger partial charge in [-0.05, 0) is 24.6 Å². The third-order valence-electron chi connectivity index (χ3n) is 4.38. The van der Waals surface area contributed by atoms with Crippen molar-refractivity contribution in [3.05, 3.63) is 75.3 Å². The Kier molecular flexibility index (Phi) is 7.72. The second kappa shape index (κ2) is 10.2. The lowest BCUT2D eigenvalue weighted by Gasteiger charge is -2.25. The summed E-state index contributed by atoms with van der Waals surface area (Å²) in [7, 11) is 0. The fourth-order valence-electron chi connectivity index (χ4n) is 2.90. The van der Waals surface area contributed by atoms with Crippen molar-refractivity contribution in [2.75, 3.05) is 6.61 Å². The number of ether oxygens (including phenoxy) is 1. The van der Waals surface area contributed by atoms with Crippen LogP contribution in [0.15, 0.2) is 42.5 Å². The second-order valence-electron chi connectivity index (χ2n) is 6.36. The lowest BCUT2D eigenvalue weighted by atomic mass is 9.88. The van der Waals surface area contributed by atoms with Crippen LogP contribution in [0, 0.1) is 21.7 Å². The Morgan fingerprint density at radius 2 is 1.81 bits per heavy atom. The molecule has 0 aliphatic heterocycles. The number of halogens is 2. The van der Waals surface area contributed by atoms with E-state index in [0.717, 1.165) is 30.3 Å². The maximum absolute atomic E-state index is 13.9. The zero-order valence-electron chi connectivity index (χ0n) is 16.2. The Morgan fingerprint density at radius 3 is 2.35 bits per heavy atom. The molecule has 0 spiro atoms. The van der Waals surface area contributed by atoms with Gasteiger partial charge in [0.05, 0.1) is 23.5 Å². The standard InChI is InChI=1S/C20H18F2N2O7/c1-2-31-16(25)10-14(11-6-8-12(9-7-11)24(29)30)18(20(27)28)23-19(26)13-4-3-5-15(21)17(13)22/h3-9,14,18H,2,10H2,1H3,(H,23,26)(H,27,28)/t14-,18+/m0/s1. The average Bonchev–Trinajstić information content (AvgIpc) is 2.72. The molecular weight excluding hydrogens is 418 g/mol. The third-order valence-corrected chi connectivity index (χ3v) is 4.38. The highest BCUT2D eigenvalue weighted by Gasteiger charge is 2.34. The zero-order chi connectivity index (χ0) is 23.1. The van der Waals surface area contributed by atoms with Gasteiger partial charge < -0.3 is 15.2 Å². The fraction of sp³-hybridized carbons (Fsp3) is 0.250. The Morgan fingerprint density at radius 1 is 1.16 bits per heavy atom. The summed E-state index contributed by atoms with van der Waals surface area (Å²) in [6.45, 7) is 1.56. The molecule has 0 aromatic heterocycles. The summed E-state index contributed by atoms with van der Waals surface area (Å²) < 4.78 is 32.2. The lowest BCUT2D eigenvalue weighted by Crippen LogP contribution is -2.46. The molecule has 2 rings (SSSR count). The van der Waals surface area contributed by atoms with Crippen LogP contribution in [0.25, 0.3) is 0 Å². The van der Waals surface area contributed by atoms with Gasteiger partial charge in [0.15, 0.2) is 11.6 Å². The van der Waals surface area contributed by atoms with E-state index in [1.165, 1.54) is 12.1 Å². The molecule has 2 atom stereocenters. The molecule has 11 heteroatoms. The molecule has 1 amide bonds. The van der Waals surface area contributed by atoms with Gasteiger partial charge in [0.25, 0.3) is 11.6 Å². The molecular formula is C20H18F2N2O7. The van der Waals surface area contributed by atoms with Crippen LogP contribution >= 0.6 is 0 Å². The zero-order valence-corrected chi connectivity index (χ0v) is 16.2. The Bertz CT molecular complexity index is 996. The molecule has 0 aliphatic rings. The summed E-state index contributed by atoms with van der Waals surface area (Å²) in [5, 5.41) is 22.6. The van der Waals surface area contributed by atoms with Gasteiger partial charge in [0.1, 0.15) is 6.04 Å². The molecule has 0 bridgehead atoms. The van der Waals surface area contributed by atoms with Gasteiger partial charge >= 0.3 is 11.9 Å². The smallest absolute Gasteiger partial charge is 0.326 e. The van der Waals surface area contributed by atoms with Crippen LogP contribution in [0.3, 0.4) is 0 Å². The number of esters is 1. The van der Waals surface area contributed by atoms with Crippen LogP contribution in [-0.4, -0.2) is 40.5 Å². The predicted octanol–water partition coefficient (Wildman–Crippen LogP) is 2.79. The Labute approximate surface area is 174 Å². The van der Waals surface area contributed by atoms with Crippen LogP contribution < -0.4 is 5.32 Å². The van der Waals surface area contributed by atoms with E-state index in [9.17, 15) is 38.4 Å². The number of carbonyl (C=O) groups excluding carboxylic acids is 2. The summed E-state index contributed by atoms with van der Waals surface area (Å²) in [5.41, 5.74) is -0.799. The number of carboxylic acid groups (broad SMARTS) is 1. The highest BCUT2D eigenvalue weighted by molar-refractivity contribution is 5.97. The average molecular weight is 436 g/mol. The first kappa shape index (κ1) is 23.4. The number of carbonyl (C=O) groups is 3. The summed E-state index contributed by atoms with van der Waals surface area (Å²) >= 11 is 0. The largest absolute Gasteiger partial charge is 0.480 e. The van der Waals surface area contributed by atoms with E-state index in [1.54, 1.807) is 6.92 Å². The van der Waals surface area contributed by atoms with Gasteiger partial charge in [-0.3, -0.25) is 19.7 Å².